The molecule has 1 N–H and O–H groups in total. The van der Waals surface area contributed by atoms with Crippen molar-refractivity contribution >= 4 is 16.7 Å². The molecule has 0 saturated carbocycles. The summed E-state index contributed by atoms with van der Waals surface area (Å²) >= 11 is 0. The maximum Gasteiger partial charge on any atom is 0.129 e. The van der Waals surface area contributed by atoms with Gasteiger partial charge in [0.1, 0.15) is 18.5 Å². The monoisotopic (exact) mass is 356 g/mol. The largest absolute Gasteiger partial charge is 0.369 e. The van der Waals surface area contributed by atoms with Crippen LogP contribution in [0, 0.1) is 6.92 Å². The van der Waals surface area contributed by atoms with Gasteiger partial charge in [0.05, 0.1) is 11.2 Å². The van der Waals surface area contributed by atoms with E-state index in [-0.39, 0.29) is 5.92 Å². The lowest BCUT2D eigenvalue weighted by atomic mass is 9.98. The van der Waals surface area contributed by atoms with Gasteiger partial charge in [0, 0.05) is 47.6 Å². The van der Waals surface area contributed by atoms with Gasteiger partial charge in [-0.3, -0.25) is 4.98 Å². The van der Waals surface area contributed by atoms with Gasteiger partial charge in [0.25, 0.3) is 0 Å². The highest BCUT2D eigenvalue weighted by Gasteiger charge is 2.11. The van der Waals surface area contributed by atoms with Gasteiger partial charge in [-0.1, -0.05) is 25.1 Å². The summed E-state index contributed by atoms with van der Waals surface area (Å²) in [7, 11) is 0. The Labute approximate surface area is 157 Å². The lowest BCUT2D eigenvalue weighted by Crippen LogP contribution is -2.11. The molecule has 4 rings (SSSR count). The van der Waals surface area contributed by atoms with E-state index in [2.05, 4.69) is 43.2 Å². The van der Waals surface area contributed by atoms with Crippen LogP contribution in [0.25, 0.3) is 22.2 Å². The van der Waals surface area contributed by atoms with E-state index in [0.717, 1.165) is 40.2 Å². The van der Waals surface area contributed by atoms with E-state index < -0.39 is 0 Å². The third-order valence-corrected chi connectivity index (χ3v) is 4.56. The lowest BCUT2D eigenvalue weighted by Gasteiger charge is -2.15. The molecular weight excluding hydrogens is 336 g/mol. The maximum absolute atomic E-state index is 4.45. The molecule has 0 aliphatic heterocycles. The van der Waals surface area contributed by atoms with Gasteiger partial charge in [-0.15, -0.1) is 0 Å². The van der Waals surface area contributed by atoms with Crippen molar-refractivity contribution in [2.24, 2.45) is 0 Å². The molecule has 0 spiro atoms. The number of rotatable bonds is 5. The number of aromatic nitrogens is 5. The van der Waals surface area contributed by atoms with Crippen molar-refractivity contribution in [2.75, 3.05) is 11.9 Å². The molecule has 0 aliphatic carbocycles. The molecule has 3 heterocycles. The van der Waals surface area contributed by atoms with Crippen LogP contribution in [0.15, 0.2) is 61.4 Å². The molecule has 3 aromatic heterocycles. The molecule has 0 radical (unpaired) electrons. The molecule has 27 heavy (non-hydrogen) atoms. The van der Waals surface area contributed by atoms with Gasteiger partial charge in [-0.2, -0.15) is 0 Å². The number of nitrogens with one attached hydrogen (secondary N) is 1. The van der Waals surface area contributed by atoms with E-state index >= 15 is 0 Å². The predicted molar refractivity (Wildman–Crippen MR) is 106 cm³/mol. The molecule has 4 aromatic rings. The van der Waals surface area contributed by atoms with Gasteiger partial charge in [-0.05, 0) is 24.6 Å². The summed E-state index contributed by atoms with van der Waals surface area (Å²) in [5.41, 5.74) is 5.00. The highest BCUT2D eigenvalue weighted by atomic mass is 15.0. The van der Waals surface area contributed by atoms with Crippen LogP contribution in [-0.2, 0) is 0 Å². The van der Waals surface area contributed by atoms with Gasteiger partial charge in [-0.25, -0.2) is 19.9 Å². The van der Waals surface area contributed by atoms with E-state index in [1.807, 2.05) is 49.6 Å². The summed E-state index contributed by atoms with van der Waals surface area (Å²) in [6.07, 6.45) is 6.85. The summed E-state index contributed by atoms with van der Waals surface area (Å²) in [5, 5.41) is 4.47. The molecule has 134 valence electrons. The number of pyridine rings is 1. The standard InChI is InChI=1S/C21H20N6/c1-14(18-5-3-4-17-10-22-12-27-21(17)18)9-24-20-8-19(25-13-26-20)16-7-6-15(2)23-11-16/h3-8,10-14H,9H2,1-2H3,(H,24,25,26). The SMILES string of the molecule is Cc1ccc(-c2cc(NCC(C)c3cccc4cncnc34)ncn2)cn1. The second-order valence-corrected chi connectivity index (χ2v) is 6.57. The third-order valence-electron chi connectivity index (χ3n) is 4.56. The molecule has 1 unspecified atom stereocenters. The Morgan fingerprint density at radius 1 is 0.963 bits per heavy atom. The zero-order valence-corrected chi connectivity index (χ0v) is 15.3. The Hall–Kier alpha value is -3.41. The fourth-order valence-corrected chi connectivity index (χ4v) is 3.03. The van der Waals surface area contributed by atoms with Crippen LogP contribution >= 0.6 is 0 Å². The number of para-hydroxylation sites is 1. The normalized spacial score (nSPS) is 12.1. The molecule has 0 aliphatic rings. The summed E-state index contributed by atoms with van der Waals surface area (Å²) in [4.78, 5) is 21.6. The van der Waals surface area contributed by atoms with Crippen molar-refractivity contribution in [2.45, 2.75) is 19.8 Å². The highest BCUT2D eigenvalue weighted by molar-refractivity contribution is 5.81. The summed E-state index contributed by atoms with van der Waals surface area (Å²) in [5.74, 6) is 1.06. The minimum Gasteiger partial charge on any atom is -0.369 e. The predicted octanol–water partition coefficient (Wildman–Crippen LogP) is 4.01. The van der Waals surface area contributed by atoms with Crippen LogP contribution in [0.4, 0.5) is 5.82 Å². The van der Waals surface area contributed by atoms with Crippen LogP contribution < -0.4 is 5.32 Å². The van der Waals surface area contributed by atoms with Crippen LogP contribution in [-0.4, -0.2) is 31.5 Å². The first-order valence-electron chi connectivity index (χ1n) is 8.88. The smallest absolute Gasteiger partial charge is 0.129 e. The topological polar surface area (TPSA) is 76.5 Å². The number of anilines is 1. The molecule has 1 atom stereocenters. The molecule has 0 bridgehead atoms. The fourth-order valence-electron chi connectivity index (χ4n) is 3.03. The second-order valence-electron chi connectivity index (χ2n) is 6.57. The molecular formula is C21H20N6. The fraction of sp³-hybridized carbons (Fsp3) is 0.190. The lowest BCUT2D eigenvalue weighted by molar-refractivity contribution is 0.805. The summed E-state index contributed by atoms with van der Waals surface area (Å²) in [6.45, 7) is 4.89. The van der Waals surface area contributed by atoms with E-state index in [1.54, 1.807) is 12.7 Å². The van der Waals surface area contributed by atoms with Crippen molar-refractivity contribution in [1.29, 1.82) is 0 Å². The van der Waals surface area contributed by atoms with Gasteiger partial charge in [0.15, 0.2) is 0 Å². The van der Waals surface area contributed by atoms with Crippen molar-refractivity contribution in [3.8, 4) is 11.3 Å². The first-order chi connectivity index (χ1) is 13.2. The first kappa shape index (κ1) is 17.0. The minimum atomic E-state index is 0.267. The molecule has 0 saturated heterocycles. The minimum absolute atomic E-state index is 0.267. The Bertz CT molecular complexity index is 1060. The molecule has 1 aromatic carbocycles. The average Bonchev–Trinajstić information content (AvgIpc) is 2.72. The molecule has 0 amide bonds. The quantitative estimate of drug-likeness (QED) is 0.582. The number of hydrogen-bond donors (Lipinski definition) is 1. The number of aryl methyl sites for hydroxylation is 1. The van der Waals surface area contributed by atoms with Crippen LogP contribution in [0.2, 0.25) is 0 Å². The van der Waals surface area contributed by atoms with Gasteiger partial charge >= 0.3 is 0 Å². The van der Waals surface area contributed by atoms with Gasteiger partial charge < -0.3 is 5.32 Å². The summed E-state index contributed by atoms with van der Waals surface area (Å²) < 4.78 is 0. The Morgan fingerprint density at radius 2 is 1.89 bits per heavy atom. The highest BCUT2D eigenvalue weighted by Crippen LogP contribution is 2.24. The average molecular weight is 356 g/mol. The van der Waals surface area contributed by atoms with E-state index in [1.165, 1.54) is 5.56 Å². The Kier molecular flexibility index (Phi) is 4.70. The molecule has 0 fully saturated rings. The van der Waals surface area contributed by atoms with Crippen molar-refractivity contribution < 1.29 is 0 Å². The van der Waals surface area contributed by atoms with Crippen LogP contribution in [0.5, 0.6) is 0 Å². The van der Waals surface area contributed by atoms with Crippen molar-refractivity contribution in [3.63, 3.8) is 0 Å². The van der Waals surface area contributed by atoms with E-state index in [9.17, 15) is 0 Å². The zero-order chi connectivity index (χ0) is 18.6. The van der Waals surface area contributed by atoms with E-state index in [4.69, 9.17) is 0 Å². The van der Waals surface area contributed by atoms with Crippen LogP contribution in [0.3, 0.4) is 0 Å². The van der Waals surface area contributed by atoms with E-state index in [0.29, 0.717) is 0 Å². The summed E-state index contributed by atoms with van der Waals surface area (Å²) in [6, 6.07) is 12.1. The van der Waals surface area contributed by atoms with Crippen molar-refractivity contribution in [3.05, 3.63) is 72.7 Å². The number of benzene rings is 1. The van der Waals surface area contributed by atoms with Crippen molar-refractivity contribution in [1.82, 2.24) is 24.9 Å². The number of hydrogen-bond acceptors (Lipinski definition) is 6. The zero-order valence-electron chi connectivity index (χ0n) is 15.3. The second kappa shape index (κ2) is 7.45. The van der Waals surface area contributed by atoms with Crippen LogP contribution in [0.1, 0.15) is 24.1 Å². The maximum atomic E-state index is 4.45. The number of fused-ring (bicyclic) bond motifs is 1. The molecule has 6 nitrogen and oxygen atoms in total. The molecule has 6 heteroatoms. The van der Waals surface area contributed by atoms with Gasteiger partial charge in [0.2, 0.25) is 0 Å². The Morgan fingerprint density at radius 3 is 2.74 bits per heavy atom. The number of nitrogens with zero attached hydrogens (tertiary/aromatic N) is 5. The first-order valence-corrected chi connectivity index (χ1v) is 8.88. The Balaban J connectivity index is 1.51. The third kappa shape index (κ3) is 3.74.